The molecule has 0 saturated heterocycles. The van der Waals surface area contributed by atoms with Crippen LogP contribution in [-0.4, -0.2) is 10.8 Å². The van der Waals surface area contributed by atoms with Gasteiger partial charge < -0.3 is 10.7 Å². The summed E-state index contributed by atoms with van der Waals surface area (Å²) in [5.41, 5.74) is 4.96. The first-order valence-electron chi connectivity index (χ1n) is 2.74. The first kappa shape index (κ1) is 6.54. The molecule has 0 aromatic carbocycles. The van der Waals surface area contributed by atoms with Gasteiger partial charge in [0.2, 0.25) is 0 Å². The maximum absolute atomic E-state index is 10.8. The van der Waals surface area contributed by atoms with Crippen LogP contribution in [0.2, 0.25) is 0 Å². The Bertz CT molecular complexity index is 302. The molecule has 0 bridgehead atoms. The molecule has 1 aromatic heterocycles. The molecule has 52 valence electrons. The predicted octanol–water partition coefficient (Wildman–Crippen LogP) is -0.341. The number of rotatable bonds is 1. The molecule has 0 spiro atoms. The summed E-state index contributed by atoms with van der Waals surface area (Å²) in [6, 6.07) is 3.12. The fourth-order valence-electron chi connectivity index (χ4n) is 0.634. The Kier molecular flexibility index (Phi) is 1.53. The number of pyridine rings is 1. The van der Waals surface area contributed by atoms with E-state index in [4.69, 9.17) is 11.1 Å². The molecule has 0 aliphatic heterocycles. The smallest absolute Gasteiger partial charge is 0.258 e. The molecule has 10 heavy (non-hydrogen) atoms. The molecule has 1 heterocycles. The Hall–Kier alpha value is -1.58. The zero-order chi connectivity index (χ0) is 7.56. The van der Waals surface area contributed by atoms with Gasteiger partial charge in [-0.25, -0.2) is 0 Å². The summed E-state index contributed by atoms with van der Waals surface area (Å²) in [5, 5.41) is 6.93. The minimum absolute atomic E-state index is 0.207. The molecule has 0 saturated carbocycles. The molecule has 0 aliphatic rings. The van der Waals surface area contributed by atoms with E-state index in [9.17, 15) is 4.79 Å². The van der Waals surface area contributed by atoms with Gasteiger partial charge in [0, 0.05) is 6.20 Å². The second-order valence-electron chi connectivity index (χ2n) is 1.83. The van der Waals surface area contributed by atoms with Gasteiger partial charge in [-0.05, 0) is 12.1 Å². The highest BCUT2D eigenvalue weighted by Crippen LogP contribution is 1.84. The molecule has 1 rings (SSSR count). The quantitative estimate of drug-likeness (QED) is 0.365. The highest BCUT2D eigenvalue weighted by molar-refractivity contribution is 5.94. The number of H-pyrrole nitrogens is 1. The summed E-state index contributed by atoms with van der Waals surface area (Å²) in [6.07, 6.45) is 1.49. The van der Waals surface area contributed by atoms with Crippen LogP contribution in [0, 0.1) is 5.41 Å². The van der Waals surface area contributed by atoms with Crippen LogP contribution in [0.1, 0.15) is 5.56 Å². The normalized spacial score (nSPS) is 9.20. The standard InChI is InChI=1S/C6H7N3O/c7-5(8)4-2-1-3-9-6(4)10/h1-3H,(H3,7,8)(H,9,10). The SMILES string of the molecule is N=C(N)c1ccc[nH]c1=O. The fourth-order valence-corrected chi connectivity index (χ4v) is 0.634. The Balaban J connectivity index is 3.29. The van der Waals surface area contributed by atoms with Gasteiger partial charge in [-0.2, -0.15) is 0 Å². The van der Waals surface area contributed by atoms with Gasteiger partial charge in [0.15, 0.2) is 0 Å². The van der Waals surface area contributed by atoms with E-state index in [1.54, 1.807) is 6.07 Å². The van der Waals surface area contributed by atoms with Gasteiger partial charge in [0.1, 0.15) is 5.84 Å². The molecule has 1 aromatic rings. The van der Waals surface area contributed by atoms with Gasteiger partial charge in [-0.3, -0.25) is 10.2 Å². The Morgan fingerprint density at radius 1 is 1.70 bits per heavy atom. The lowest BCUT2D eigenvalue weighted by molar-refractivity contribution is 1.21. The molecule has 4 nitrogen and oxygen atoms in total. The number of nitrogens with two attached hydrogens (primary N) is 1. The van der Waals surface area contributed by atoms with Gasteiger partial charge in [0.25, 0.3) is 5.56 Å². The summed E-state index contributed by atoms with van der Waals surface area (Å²) in [5.74, 6) is -0.207. The van der Waals surface area contributed by atoms with Crippen molar-refractivity contribution in [2.75, 3.05) is 0 Å². The predicted molar refractivity (Wildman–Crippen MR) is 38.1 cm³/mol. The van der Waals surface area contributed by atoms with Crippen LogP contribution in [0.25, 0.3) is 0 Å². The van der Waals surface area contributed by atoms with Crippen molar-refractivity contribution in [2.45, 2.75) is 0 Å². The zero-order valence-electron chi connectivity index (χ0n) is 5.22. The topological polar surface area (TPSA) is 82.7 Å². The van der Waals surface area contributed by atoms with E-state index < -0.39 is 0 Å². The van der Waals surface area contributed by atoms with Crippen molar-refractivity contribution in [2.24, 2.45) is 5.73 Å². The van der Waals surface area contributed by atoms with Gasteiger partial charge >= 0.3 is 0 Å². The maximum atomic E-state index is 10.8. The van der Waals surface area contributed by atoms with Gasteiger partial charge in [-0.1, -0.05) is 0 Å². The van der Waals surface area contributed by atoms with Gasteiger partial charge in [0.05, 0.1) is 5.56 Å². The van der Waals surface area contributed by atoms with Crippen LogP contribution >= 0.6 is 0 Å². The lowest BCUT2D eigenvalue weighted by Crippen LogP contribution is -2.22. The van der Waals surface area contributed by atoms with Crippen LogP contribution < -0.4 is 11.3 Å². The monoisotopic (exact) mass is 137 g/mol. The lowest BCUT2D eigenvalue weighted by Gasteiger charge is -1.92. The maximum Gasteiger partial charge on any atom is 0.258 e. The first-order valence-corrected chi connectivity index (χ1v) is 2.74. The first-order chi connectivity index (χ1) is 4.72. The summed E-state index contributed by atoms with van der Waals surface area (Å²) >= 11 is 0. The number of nitrogen functional groups attached to an aromatic ring is 1. The number of aromatic amines is 1. The molecule has 0 amide bonds. The number of nitrogens with one attached hydrogen (secondary N) is 2. The van der Waals surface area contributed by atoms with Crippen LogP contribution in [0.4, 0.5) is 0 Å². The second kappa shape index (κ2) is 2.34. The van der Waals surface area contributed by atoms with Crippen molar-refractivity contribution in [1.29, 1.82) is 5.41 Å². The van der Waals surface area contributed by atoms with E-state index in [0.29, 0.717) is 0 Å². The van der Waals surface area contributed by atoms with E-state index >= 15 is 0 Å². The van der Waals surface area contributed by atoms with E-state index in [0.717, 1.165) is 0 Å². The highest BCUT2D eigenvalue weighted by Gasteiger charge is 1.98. The molecule has 4 N–H and O–H groups in total. The highest BCUT2D eigenvalue weighted by atomic mass is 16.1. The molecular formula is C6H7N3O. The van der Waals surface area contributed by atoms with Crippen LogP contribution in [0.3, 0.4) is 0 Å². The van der Waals surface area contributed by atoms with Crippen molar-refractivity contribution < 1.29 is 0 Å². The molecule has 0 fully saturated rings. The molecule has 0 radical (unpaired) electrons. The van der Waals surface area contributed by atoms with E-state index in [2.05, 4.69) is 4.98 Å². The zero-order valence-corrected chi connectivity index (χ0v) is 5.22. The number of hydrogen-bond donors (Lipinski definition) is 3. The summed E-state index contributed by atoms with van der Waals surface area (Å²) in [4.78, 5) is 13.2. The van der Waals surface area contributed by atoms with Crippen molar-refractivity contribution in [3.8, 4) is 0 Å². The van der Waals surface area contributed by atoms with Crippen LogP contribution in [0.15, 0.2) is 23.1 Å². The van der Waals surface area contributed by atoms with E-state index in [1.807, 2.05) is 0 Å². The minimum Gasteiger partial charge on any atom is -0.384 e. The molecule has 0 aliphatic carbocycles. The third kappa shape index (κ3) is 1.05. The Labute approximate surface area is 57.2 Å². The summed E-state index contributed by atoms with van der Waals surface area (Å²) in [7, 11) is 0. The lowest BCUT2D eigenvalue weighted by atomic mass is 10.3. The van der Waals surface area contributed by atoms with Crippen molar-refractivity contribution >= 4 is 5.84 Å². The van der Waals surface area contributed by atoms with Crippen molar-refractivity contribution in [3.05, 3.63) is 34.2 Å². The number of hydrogen-bond acceptors (Lipinski definition) is 2. The fraction of sp³-hybridized carbons (Fsp3) is 0. The molecule has 0 unspecified atom stereocenters. The molecule has 0 atom stereocenters. The Morgan fingerprint density at radius 2 is 2.40 bits per heavy atom. The van der Waals surface area contributed by atoms with E-state index in [1.165, 1.54) is 12.3 Å². The van der Waals surface area contributed by atoms with E-state index in [-0.39, 0.29) is 17.0 Å². The minimum atomic E-state index is -0.324. The average Bonchev–Trinajstić information content (AvgIpc) is 1.88. The van der Waals surface area contributed by atoms with Crippen molar-refractivity contribution in [3.63, 3.8) is 0 Å². The Morgan fingerprint density at radius 3 is 2.80 bits per heavy atom. The summed E-state index contributed by atoms with van der Waals surface area (Å²) < 4.78 is 0. The third-order valence-corrected chi connectivity index (χ3v) is 1.11. The largest absolute Gasteiger partial charge is 0.384 e. The van der Waals surface area contributed by atoms with Crippen LogP contribution in [-0.2, 0) is 0 Å². The molecular weight excluding hydrogens is 130 g/mol. The average molecular weight is 137 g/mol. The van der Waals surface area contributed by atoms with Crippen LogP contribution in [0.5, 0.6) is 0 Å². The third-order valence-electron chi connectivity index (χ3n) is 1.11. The number of amidine groups is 1. The number of aromatic nitrogens is 1. The van der Waals surface area contributed by atoms with Crippen molar-refractivity contribution in [1.82, 2.24) is 4.98 Å². The second-order valence-corrected chi connectivity index (χ2v) is 1.83. The van der Waals surface area contributed by atoms with Gasteiger partial charge in [-0.15, -0.1) is 0 Å². The molecule has 4 heteroatoms. The summed E-state index contributed by atoms with van der Waals surface area (Å²) in [6.45, 7) is 0.